The van der Waals surface area contributed by atoms with Crippen LogP contribution in [-0.2, 0) is 20.7 Å². The summed E-state index contributed by atoms with van der Waals surface area (Å²) in [4.78, 5) is 56.4. The largest absolute Gasteiger partial charge is 0.376 e. The predicted molar refractivity (Wildman–Crippen MR) is 184 cm³/mol. The molecule has 1 saturated carbocycles. The number of H-pyrrole nitrogens is 1. The van der Waals surface area contributed by atoms with E-state index < -0.39 is 11.7 Å². The van der Waals surface area contributed by atoms with E-state index in [1.165, 1.54) is 25.3 Å². The van der Waals surface area contributed by atoms with Gasteiger partial charge < -0.3 is 19.9 Å². The topological polar surface area (TPSA) is 128 Å². The Morgan fingerprint density at radius 1 is 0.898 bits per heavy atom. The summed E-state index contributed by atoms with van der Waals surface area (Å²) in [7, 11) is 0. The van der Waals surface area contributed by atoms with E-state index in [9.17, 15) is 23.6 Å². The molecule has 0 atom stereocenters. The molecule has 2 aliphatic heterocycles. The number of piperazine rings is 1. The molecule has 2 aromatic carbocycles. The second-order valence-corrected chi connectivity index (χ2v) is 13.6. The van der Waals surface area contributed by atoms with Gasteiger partial charge in [-0.1, -0.05) is 43.5 Å². The third kappa shape index (κ3) is 9.10. The fraction of sp³-hybridized carbons (Fsp3) is 0.541. The number of nitrogens with zero attached hydrogens (tertiary/aromatic N) is 4. The summed E-state index contributed by atoms with van der Waals surface area (Å²) in [5, 5.41) is 11.0. The zero-order chi connectivity index (χ0) is 34.2. The molecule has 1 aliphatic carbocycles. The van der Waals surface area contributed by atoms with Crippen LogP contribution in [0.4, 0.5) is 4.39 Å². The van der Waals surface area contributed by atoms with Gasteiger partial charge in [0, 0.05) is 64.0 Å². The van der Waals surface area contributed by atoms with Gasteiger partial charge in [-0.3, -0.25) is 24.1 Å². The van der Waals surface area contributed by atoms with Crippen molar-refractivity contribution >= 4 is 28.5 Å². The molecule has 0 unspecified atom stereocenters. The molecule has 3 amide bonds. The second-order valence-electron chi connectivity index (χ2n) is 13.6. The van der Waals surface area contributed by atoms with Gasteiger partial charge in [0.2, 0.25) is 11.8 Å². The van der Waals surface area contributed by atoms with Crippen molar-refractivity contribution in [3.8, 4) is 0 Å². The van der Waals surface area contributed by atoms with Crippen LogP contribution in [0.2, 0.25) is 0 Å². The molecule has 0 bridgehead atoms. The van der Waals surface area contributed by atoms with E-state index in [1.807, 2.05) is 12.1 Å². The monoisotopic (exact) mass is 674 g/mol. The zero-order valence-electron chi connectivity index (χ0n) is 28.1. The predicted octanol–water partition coefficient (Wildman–Crippen LogP) is 3.51. The number of fused-ring (bicyclic) bond motifs is 1. The Bertz CT molecular complexity index is 1680. The van der Waals surface area contributed by atoms with Gasteiger partial charge >= 0.3 is 0 Å². The number of piperidine rings is 1. The Balaban J connectivity index is 0.911. The lowest BCUT2D eigenvalue weighted by Gasteiger charge is -2.37. The lowest BCUT2D eigenvalue weighted by molar-refractivity contribution is -0.134. The molecule has 3 heterocycles. The number of carbonyl (C=O) groups is 3. The van der Waals surface area contributed by atoms with Crippen molar-refractivity contribution < 1.29 is 23.5 Å². The van der Waals surface area contributed by atoms with Crippen molar-refractivity contribution in [2.45, 2.75) is 63.9 Å². The standard InChI is InChI=1S/C37H47FN6O5/c38-32-11-10-27(23-33-29-8-4-5-9-30(29)36(47)41-40-33)22-31(32)37(48)44-19-17-43(18-20-44)35(46)25-42-15-12-28(13-16-42)49-21-14-39-34(45)24-26-6-2-1-3-7-26/h4-5,8-11,22,26,28H,1-3,6-7,12-21,23-25H2,(H,39,45)(H,41,47). The number of aromatic nitrogens is 2. The average Bonchev–Trinajstić information content (AvgIpc) is 3.13. The quantitative estimate of drug-likeness (QED) is 0.298. The molecule has 1 aromatic heterocycles. The van der Waals surface area contributed by atoms with E-state index in [-0.39, 0.29) is 29.0 Å². The van der Waals surface area contributed by atoms with Crippen molar-refractivity contribution in [2.24, 2.45) is 5.92 Å². The van der Waals surface area contributed by atoms with E-state index in [1.54, 1.807) is 34.1 Å². The Labute approximate surface area is 286 Å². The molecular weight excluding hydrogens is 627 g/mol. The molecule has 3 fully saturated rings. The van der Waals surface area contributed by atoms with E-state index >= 15 is 0 Å². The van der Waals surface area contributed by atoms with Gasteiger partial charge in [0.15, 0.2) is 0 Å². The minimum Gasteiger partial charge on any atom is -0.376 e. The van der Waals surface area contributed by atoms with E-state index in [0.29, 0.717) is 86.7 Å². The normalized spacial score (nSPS) is 18.1. The molecule has 0 radical (unpaired) electrons. The van der Waals surface area contributed by atoms with Gasteiger partial charge in [-0.25, -0.2) is 9.49 Å². The minimum absolute atomic E-state index is 0.0158. The van der Waals surface area contributed by atoms with Crippen LogP contribution in [0.3, 0.4) is 0 Å². The SMILES string of the molecule is O=C(CC1CCCCC1)NCCOC1CCN(CC(=O)N2CCN(C(=O)c3cc(Cc4n[nH]c(=O)c5ccccc45)ccc3F)CC2)CC1. The van der Waals surface area contributed by atoms with Crippen molar-refractivity contribution in [3.05, 3.63) is 75.5 Å². The van der Waals surface area contributed by atoms with Gasteiger partial charge in [-0.2, -0.15) is 5.10 Å². The van der Waals surface area contributed by atoms with Gasteiger partial charge in [-0.05, 0) is 55.4 Å². The first-order chi connectivity index (χ1) is 23.8. The molecule has 2 saturated heterocycles. The highest BCUT2D eigenvalue weighted by atomic mass is 19.1. The first kappa shape index (κ1) is 34.7. The summed E-state index contributed by atoms with van der Waals surface area (Å²) in [6.07, 6.45) is 8.84. The van der Waals surface area contributed by atoms with Crippen LogP contribution < -0.4 is 10.9 Å². The van der Waals surface area contributed by atoms with Crippen molar-refractivity contribution in [2.75, 3.05) is 59.0 Å². The molecule has 3 aromatic rings. The molecule has 12 heteroatoms. The summed E-state index contributed by atoms with van der Waals surface area (Å²) in [6.45, 7) is 4.33. The molecule has 49 heavy (non-hydrogen) atoms. The molecule has 3 aliphatic rings. The maximum absolute atomic E-state index is 14.9. The number of benzene rings is 2. The van der Waals surface area contributed by atoms with E-state index in [0.717, 1.165) is 38.8 Å². The van der Waals surface area contributed by atoms with Crippen LogP contribution in [-0.4, -0.2) is 108 Å². The van der Waals surface area contributed by atoms with Crippen LogP contribution in [0, 0.1) is 11.7 Å². The Hall–Kier alpha value is -4.16. The summed E-state index contributed by atoms with van der Waals surface area (Å²) in [6, 6.07) is 11.6. The lowest BCUT2D eigenvalue weighted by atomic mass is 9.87. The molecule has 262 valence electrons. The van der Waals surface area contributed by atoms with Gasteiger partial charge in [-0.15, -0.1) is 0 Å². The van der Waals surface area contributed by atoms with Gasteiger partial charge in [0.1, 0.15) is 5.82 Å². The third-order valence-corrected chi connectivity index (χ3v) is 10.2. The fourth-order valence-corrected chi connectivity index (χ4v) is 7.34. The number of nitrogens with one attached hydrogen (secondary N) is 2. The first-order valence-electron chi connectivity index (χ1n) is 17.8. The summed E-state index contributed by atoms with van der Waals surface area (Å²) >= 11 is 0. The smallest absolute Gasteiger partial charge is 0.272 e. The number of rotatable bonds is 11. The summed E-state index contributed by atoms with van der Waals surface area (Å²) in [5.41, 5.74) is 1.04. The van der Waals surface area contributed by atoms with E-state index in [4.69, 9.17) is 4.74 Å². The number of halogens is 1. The number of amides is 3. The highest BCUT2D eigenvalue weighted by Gasteiger charge is 2.29. The van der Waals surface area contributed by atoms with Crippen LogP contribution in [0.1, 0.15) is 73.0 Å². The third-order valence-electron chi connectivity index (χ3n) is 10.2. The van der Waals surface area contributed by atoms with Crippen LogP contribution >= 0.6 is 0 Å². The number of hydrogen-bond donors (Lipinski definition) is 2. The summed E-state index contributed by atoms with van der Waals surface area (Å²) in [5.74, 6) is -0.320. The lowest BCUT2D eigenvalue weighted by Crippen LogP contribution is -2.53. The van der Waals surface area contributed by atoms with Crippen LogP contribution in [0.15, 0.2) is 47.3 Å². The van der Waals surface area contributed by atoms with Gasteiger partial charge in [0.05, 0.1) is 35.9 Å². The number of aromatic amines is 1. The van der Waals surface area contributed by atoms with Crippen LogP contribution in [0.5, 0.6) is 0 Å². The maximum atomic E-state index is 14.9. The Morgan fingerprint density at radius 3 is 2.37 bits per heavy atom. The minimum atomic E-state index is -0.599. The molecule has 11 nitrogen and oxygen atoms in total. The molecule has 0 spiro atoms. The Morgan fingerprint density at radius 2 is 1.61 bits per heavy atom. The highest BCUT2D eigenvalue weighted by Crippen LogP contribution is 2.26. The number of ether oxygens (including phenoxy) is 1. The van der Waals surface area contributed by atoms with Crippen molar-refractivity contribution in [1.29, 1.82) is 0 Å². The fourth-order valence-electron chi connectivity index (χ4n) is 7.34. The van der Waals surface area contributed by atoms with Crippen LogP contribution in [0.25, 0.3) is 10.8 Å². The first-order valence-corrected chi connectivity index (χ1v) is 17.8. The van der Waals surface area contributed by atoms with Gasteiger partial charge in [0.25, 0.3) is 11.5 Å². The van der Waals surface area contributed by atoms with Crippen molar-refractivity contribution in [3.63, 3.8) is 0 Å². The average molecular weight is 675 g/mol. The summed E-state index contributed by atoms with van der Waals surface area (Å²) < 4.78 is 20.9. The Kier molecular flexibility index (Phi) is 11.7. The number of likely N-dealkylation sites (tertiary alicyclic amines) is 1. The zero-order valence-corrected chi connectivity index (χ0v) is 28.1. The number of hydrogen-bond acceptors (Lipinski definition) is 7. The van der Waals surface area contributed by atoms with Crippen molar-refractivity contribution in [1.82, 2.24) is 30.2 Å². The maximum Gasteiger partial charge on any atom is 0.272 e. The molecule has 6 rings (SSSR count). The molecular formula is C37H47FN6O5. The highest BCUT2D eigenvalue weighted by molar-refractivity contribution is 5.95. The molecule has 2 N–H and O–H groups in total. The number of carbonyl (C=O) groups excluding carboxylic acids is 3. The van der Waals surface area contributed by atoms with E-state index in [2.05, 4.69) is 20.4 Å². The second kappa shape index (κ2) is 16.5.